The van der Waals surface area contributed by atoms with E-state index in [-0.39, 0.29) is 5.56 Å². The number of H-pyrrole nitrogens is 1. The maximum absolute atomic E-state index is 11.9. The number of benzene rings is 1. The molecule has 1 aromatic carbocycles. The largest absolute Gasteiger partial charge is 0.477 e. The molecule has 0 atom stereocenters. The molecule has 3 aromatic rings. The third-order valence-electron chi connectivity index (χ3n) is 3.75. The molecule has 0 saturated carbocycles. The summed E-state index contributed by atoms with van der Waals surface area (Å²) >= 11 is 0. The number of nitrogens with zero attached hydrogens (tertiary/aromatic N) is 2. The Hall–Kier alpha value is -2.89. The van der Waals surface area contributed by atoms with E-state index in [1.54, 1.807) is 6.33 Å². The van der Waals surface area contributed by atoms with Crippen LogP contribution < -0.4 is 5.56 Å². The Morgan fingerprint density at radius 1 is 1.36 bits per heavy atom. The van der Waals surface area contributed by atoms with Gasteiger partial charge >= 0.3 is 5.97 Å². The van der Waals surface area contributed by atoms with Crippen LogP contribution in [0.4, 0.5) is 0 Å². The first-order chi connectivity index (χ1) is 10.5. The van der Waals surface area contributed by atoms with Gasteiger partial charge in [0.25, 0.3) is 5.56 Å². The molecule has 3 rings (SSSR count). The van der Waals surface area contributed by atoms with Gasteiger partial charge in [-0.1, -0.05) is 13.0 Å². The first-order valence-corrected chi connectivity index (χ1v) is 6.92. The summed E-state index contributed by atoms with van der Waals surface area (Å²) in [6.45, 7) is 1.92. The molecule has 0 bridgehead atoms. The Bertz CT molecular complexity index is 937. The van der Waals surface area contributed by atoms with Crippen molar-refractivity contribution < 1.29 is 9.90 Å². The van der Waals surface area contributed by atoms with E-state index < -0.39 is 11.5 Å². The van der Waals surface area contributed by atoms with Crippen LogP contribution in [-0.4, -0.2) is 25.6 Å². The van der Waals surface area contributed by atoms with E-state index in [4.69, 9.17) is 5.11 Å². The molecule has 112 valence electrons. The summed E-state index contributed by atoms with van der Waals surface area (Å²) < 4.78 is 1.91. The molecule has 0 aliphatic carbocycles. The zero-order chi connectivity index (χ0) is 15.9. The topological polar surface area (TPSA) is 88.0 Å². The van der Waals surface area contributed by atoms with Crippen LogP contribution in [0.3, 0.4) is 0 Å². The minimum absolute atomic E-state index is 0.237. The van der Waals surface area contributed by atoms with Gasteiger partial charge < -0.3 is 14.7 Å². The molecule has 0 spiro atoms. The van der Waals surface area contributed by atoms with Crippen LogP contribution in [-0.2, 0) is 13.5 Å². The summed E-state index contributed by atoms with van der Waals surface area (Å²) in [7, 11) is 1.91. The van der Waals surface area contributed by atoms with Crippen molar-refractivity contribution in [3.8, 4) is 11.3 Å². The summed E-state index contributed by atoms with van der Waals surface area (Å²) in [5.74, 6) is -1.22. The van der Waals surface area contributed by atoms with Crippen molar-refractivity contribution in [2.75, 3.05) is 0 Å². The third-order valence-corrected chi connectivity index (χ3v) is 3.75. The first-order valence-electron chi connectivity index (χ1n) is 6.92. The summed E-state index contributed by atoms with van der Waals surface area (Å²) in [5.41, 5.74) is 3.23. The molecule has 0 saturated heterocycles. The fourth-order valence-corrected chi connectivity index (χ4v) is 2.56. The van der Waals surface area contributed by atoms with Crippen molar-refractivity contribution in [2.24, 2.45) is 7.05 Å². The molecule has 0 aliphatic rings. The number of rotatable bonds is 3. The standard InChI is InChI=1S/C16H15N3O3/c1-3-9-6-11(16(21)22)15(20)18-14(9)10-4-5-13-12(7-10)17-8-19(13)2/h4-8H,3H2,1-2H3,(H,18,20)(H,21,22). The van der Waals surface area contributed by atoms with Gasteiger partial charge in [0, 0.05) is 12.6 Å². The molecule has 2 heterocycles. The molecular weight excluding hydrogens is 282 g/mol. The average molecular weight is 297 g/mol. The Morgan fingerprint density at radius 2 is 2.14 bits per heavy atom. The highest BCUT2D eigenvalue weighted by Crippen LogP contribution is 2.25. The number of aryl methyl sites for hydroxylation is 2. The number of carboxylic acids is 1. The van der Waals surface area contributed by atoms with Gasteiger partial charge in [-0.05, 0) is 30.2 Å². The Morgan fingerprint density at radius 3 is 2.82 bits per heavy atom. The van der Waals surface area contributed by atoms with E-state index in [0.717, 1.165) is 22.2 Å². The quantitative estimate of drug-likeness (QED) is 0.775. The van der Waals surface area contributed by atoms with Gasteiger partial charge in [0.1, 0.15) is 5.56 Å². The van der Waals surface area contributed by atoms with E-state index in [2.05, 4.69) is 9.97 Å². The summed E-state index contributed by atoms with van der Waals surface area (Å²) in [6.07, 6.45) is 2.35. The van der Waals surface area contributed by atoms with Crippen LogP contribution in [0.15, 0.2) is 35.4 Å². The van der Waals surface area contributed by atoms with Crippen molar-refractivity contribution >= 4 is 17.0 Å². The van der Waals surface area contributed by atoms with Crippen molar-refractivity contribution in [1.29, 1.82) is 0 Å². The number of hydrogen-bond donors (Lipinski definition) is 2. The number of imidazole rings is 1. The van der Waals surface area contributed by atoms with E-state index in [0.29, 0.717) is 12.1 Å². The summed E-state index contributed by atoms with van der Waals surface area (Å²) in [6, 6.07) is 7.16. The van der Waals surface area contributed by atoms with Gasteiger partial charge in [-0.15, -0.1) is 0 Å². The fraction of sp³-hybridized carbons (Fsp3) is 0.188. The molecule has 0 radical (unpaired) electrons. The molecule has 0 aliphatic heterocycles. The lowest BCUT2D eigenvalue weighted by Gasteiger charge is -2.09. The third kappa shape index (κ3) is 2.18. The van der Waals surface area contributed by atoms with Crippen molar-refractivity contribution in [3.63, 3.8) is 0 Å². The van der Waals surface area contributed by atoms with Crippen LogP contribution in [0.2, 0.25) is 0 Å². The zero-order valence-electron chi connectivity index (χ0n) is 12.3. The Balaban J connectivity index is 2.22. The zero-order valence-corrected chi connectivity index (χ0v) is 12.3. The first kappa shape index (κ1) is 14.1. The monoisotopic (exact) mass is 297 g/mol. The summed E-state index contributed by atoms with van der Waals surface area (Å²) in [4.78, 5) is 30.0. The van der Waals surface area contributed by atoms with Crippen LogP contribution in [0.5, 0.6) is 0 Å². The molecule has 2 aromatic heterocycles. The predicted molar refractivity (Wildman–Crippen MR) is 83.1 cm³/mol. The lowest BCUT2D eigenvalue weighted by molar-refractivity contribution is 0.0695. The molecular formula is C16H15N3O3. The highest BCUT2D eigenvalue weighted by Gasteiger charge is 2.14. The van der Waals surface area contributed by atoms with Crippen LogP contribution in [0.25, 0.3) is 22.3 Å². The van der Waals surface area contributed by atoms with Crippen LogP contribution in [0.1, 0.15) is 22.8 Å². The predicted octanol–water partition coefficient (Wildman–Crippen LogP) is 2.19. The number of aromatic carboxylic acids is 1. The van der Waals surface area contributed by atoms with E-state index in [1.807, 2.05) is 36.7 Å². The number of carboxylic acid groups (broad SMARTS) is 1. The number of aromatic nitrogens is 3. The van der Waals surface area contributed by atoms with Gasteiger partial charge in [0.15, 0.2) is 0 Å². The van der Waals surface area contributed by atoms with Gasteiger partial charge in [-0.25, -0.2) is 9.78 Å². The molecule has 6 heteroatoms. The van der Waals surface area contributed by atoms with Crippen LogP contribution in [0, 0.1) is 0 Å². The van der Waals surface area contributed by atoms with E-state index >= 15 is 0 Å². The molecule has 22 heavy (non-hydrogen) atoms. The number of nitrogens with one attached hydrogen (secondary N) is 1. The number of carbonyl (C=O) groups is 1. The number of fused-ring (bicyclic) bond motifs is 1. The minimum atomic E-state index is -1.22. The maximum atomic E-state index is 11.9. The van der Waals surface area contributed by atoms with Crippen molar-refractivity contribution in [1.82, 2.24) is 14.5 Å². The Kier molecular flexibility index (Phi) is 3.29. The van der Waals surface area contributed by atoms with Gasteiger partial charge in [0.05, 0.1) is 23.1 Å². The molecule has 0 unspecified atom stereocenters. The number of pyridine rings is 1. The van der Waals surface area contributed by atoms with Gasteiger partial charge in [-0.3, -0.25) is 4.79 Å². The second-order valence-electron chi connectivity index (χ2n) is 5.13. The number of aromatic amines is 1. The minimum Gasteiger partial charge on any atom is -0.477 e. The molecule has 0 fully saturated rings. The highest BCUT2D eigenvalue weighted by molar-refractivity contribution is 5.88. The summed E-state index contributed by atoms with van der Waals surface area (Å²) in [5, 5.41) is 9.06. The Labute approximate surface area is 126 Å². The normalized spacial score (nSPS) is 11.0. The fourth-order valence-electron chi connectivity index (χ4n) is 2.56. The van der Waals surface area contributed by atoms with E-state index in [9.17, 15) is 9.59 Å². The van der Waals surface area contributed by atoms with Gasteiger partial charge in [0.2, 0.25) is 0 Å². The smallest absolute Gasteiger partial charge is 0.341 e. The molecule has 2 N–H and O–H groups in total. The molecule has 0 amide bonds. The molecule has 6 nitrogen and oxygen atoms in total. The highest BCUT2D eigenvalue weighted by atomic mass is 16.4. The second-order valence-corrected chi connectivity index (χ2v) is 5.13. The lowest BCUT2D eigenvalue weighted by atomic mass is 10.0. The SMILES string of the molecule is CCc1cc(C(=O)O)c(=O)[nH]c1-c1ccc2c(c1)ncn2C. The average Bonchev–Trinajstić information content (AvgIpc) is 2.87. The van der Waals surface area contributed by atoms with Gasteiger partial charge in [-0.2, -0.15) is 0 Å². The number of hydrogen-bond acceptors (Lipinski definition) is 3. The van der Waals surface area contributed by atoms with E-state index in [1.165, 1.54) is 6.07 Å². The van der Waals surface area contributed by atoms with Crippen molar-refractivity contribution in [3.05, 3.63) is 52.1 Å². The lowest BCUT2D eigenvalue weighted by Crippen LogP contribution is -2.19. The second kappa shape index (κ2) is 5.14. The maximum Gasteiger partial charge on any atom is 0.341 e. The van der Waals surface area contributed by atoms with Crippen LogP contribution >= 0.6 is 0 Å². The van der Waals surface area contributed by atoms with Crippen molar-refractivity contribution in [2.45, 2.75) is 13.3 Å².